The molecule has 0 aliphatic rings. The lowest BCUT2D eigenvalue weighted by molar-refractivity contribution is -0.113. The van der Waals surface area contributed by atoms with E-state index in [9.17, 15) is 9.59 Å². The maximum absolute atomic E-state index is 12.3. The third-order valence-corrected chi connectivity index (χ3v) is 5.66. The Balaban J connectivity index is 1.53. The summed E-state index contributed by atoms with van der Waals surface area (Å²) < 4.78 is 1.42. The molecule has 30 heavy (non-hydrogen) atoms. The van der Waals surface area contributed by atoms with Crippen molar-refractivity contribution >= 4 is 40.7 Å². The van der Waals surface area contributed by atoms with Gasteiger partial charge in [-0.3, -0.25) is 14.6 Å². The summed E-state index contributed by atoms with van der Waals surface area (Å²) in [6, 6.07) is 12.5. The van der Waals surface area contributed by atoms with E-state index in [1.165, 1.54) is 16.3 Å². The van der Waals surface area contributed by atoms with Crippen LogP contribution in [0.5, 0.6) is 0 Å². The van der Waals surface area contributed by atoms with Gasteiger partial charge >= 0.3 is 0 Å². The molecule has 2 aromatic carbocycles. The van der Waals surface area contributed by atoms with Crippen LogP contribution in [0.25, 0.3) is 17.0 Å². The van der Waals surface area contributed by atoms with Crippen LogP contribution in [0.4, 0.5) is 5.69 Å². The standard InChI is InChI=1S/C20H17ClN6O2S/c1-11-3-8-15(9-12(11)2)22-16(28)10-30-20-25-24-19-23-18(29)17(26-27(19)20)13-4-6-14(21)7-5-13/h3-9H,10H2,1-2H3,(H,22,28)(H,23,24,29). The van der Waals surface area contributed by atoms with E-state index >= 15 is 0 Å². The highest BCUT2D eigenvalue weighted by Gasteiger charge is 2.15. The van der Waals surface area contributed by atoms with Gasteiger partial charge in [0, 0.05) is 16.3 Å². The monoisotopic (exact) mass is 440 g/mol. The number of rotatable bonds is 5. The molecule has 0 saturated carbocycles. The van der Waals surface area contributed by atoms with E-state index in [0.717, 1.165) is 16.8 Å². The topological polar surface area (TPSA) is 105 Å². The number of carbonyl (C=O) groups is 1. The molecule has 4 rings (SSSR count). The lowest BCUT2D eigenvalue weighted by Crippen LogP contribution is -2.16. The second-order valence-corrected chi connectivity index (χ2v) is 8.04. The van der Waals surface area contributed by atoms with Crippen molar-refractivity contribution < 1.29 is 4.79 Å². The number of benzene rings is 2. The average molecular weight is 441 g/mol. The van der Waals surface area contributed by atoms with Gasteiger partial charge in [-0.05, 0) is 49.2 Å². The van der Waals surface area contributed by atoms with Crippen LogP contribution in [0, 0.1) is 13.8 Å². The summed E-state index contributed by atoms with van der Waals surface area (Å²) in [5.74, 6) is 0.141. The highest BCUT2D eigenvalue weighted by molar-refractivity contribution is 7.99. The molecule has 0 bridgehead atoms. The first kappa shape index (κ1) is 20.1. The minimum atomic E-state index is -0.388. The SMILES string of the molecule is Cc1ccc(NC(=O)CSc2nnc3[nH]c(=O)c(-c4ccc(Cl)cc4)nn23)cc1C. The van der Waals surface area contributed by atoms with Crippen molar-refractivity contribution in [1.82, 2.24) is 24.8 Å². The lowest BCUT2D eigenvalue weighted by atomic mass is 10.1. The second-order valence-electron chi connectivity index (χ2n) is 6.66. The van der Waals surface area contributed by atoms with Gasteiger partial charge in [0.1, 0.15) is 0 Å². The Morgan fingerprint density at radius 3 is 2.63 bits per heavy atom. The predicted octanol–water partition coefficient (Wildman–Crippen LogP) is 3.48. The van der Waals surface area contributed by atoms with Crippen LogP contribution in [-0.2, 0) is 4.79 Å². The van der Waals surface area contributed by atoms with Crippen molar-refractivity contribution in [2.24, 2.45) is 0 Å². The highest BCUT2D eigenvalue weighted by Crippen LogP contribution is 2.20. The maximum atomic E-state index is 12.3. The number of aromatic amines is 1. The zero-order valence-electron chi connectivity index (χ0n) is 16.1. The Morgan fingerprint density at radius 1 is 1.13 bits per heavy atom. The number of amides is 1. The number of hydrogen-bond acceptors (Lipinski definition) is 6. The van der Waals surface area contributed by atoms with Gasteiger partial charge in [-0.15, -0.1) is 10.2 Å². The minimum absolute atomic E-state index is 0.116. The number of fused-ring (bicyclic) bond motifs is 1. The van der Waals surface area contributed by atoms with Gasteiger partial charge in [-0.25, -0.2) is 0 Å². The molecule has 0 unspecified atom stereocenters. The largest absolute Gasteiger partial charge is 0.325 e. The van der Waals surface area contributed by atoms with Crippen molar-refractivity contribution in [3.63, 3.8) is 0 Å². The van der Waals surface area contributed by atoms with Crippen LogP contribution in [-0.4, -0.2) is 36.5 Å². The van der Waals surface area contributed by atoms with E-state index in [-0.39, 0.29) is 28.7 Å². The fourth-order valence-corrected chi connectivity index (χ4v) is 3.58. The molecule has 2 N–H and O–H groups in total. The molecule has 0 atom stereocenters. The number of carbonyl (C=O) groups excluding carboxylic acids is 1. The van der Waals surface area contributed by atoms with E-state index < -0.39 is 0 Å². The normalized spacial score (nSPS) is 11.0. The van der Waals surface area contributed by atoms with Crippen LogP contribution in [0.1, 0.15) is 11.1 Å². The molecule has 0 fully saturated rings. The Hall–Kier alpha value is -3.17. The molecule has 8 nitrogen and oxygen atoms in total. The van der Waals surface area contributed by atoms with Crippen molar-refractivity contribution in [2.45, 2.75) is 19.0 Å². The summed E-state index contributed by atoms with van der Waals surface area (Å²) in [7, 11) is 0. The third-order valence-electron chi connectivity index (χ3n) is 4.49. The van der Waals surface area contributed by atoms with Crippen LogP contribution in [0.2, 0.25) is 5.02 Å². The number of thioether (sulfide) groups is 1. The van der Waals surface area contributed by atoms with Gasteiger partial charge in [0.15, 0.2) is 5.69 Å². The quantitative estimate of drug-likeness (QED) is 0.460. The lowest BCUT2D eigenvalue weighted by Gasteiger charge is -2.07. The Morgan fingerprint density at radius 2 is 1.90 bits per heavy atom. The third kappa shape index (κ3) is 4.22. The number of aromatic nitrogens is 5. The van der Waals surface area contributed by atoms with E-state index in [1.807, 2.05) is 32.0 Å². The molecule has 0 spiro atoms. The molecule has 0 aliphatic heterocycles. The summed E-state index contributed by atoms with van der Waals surface area (Å²) in [5, 5.41) is 16.2. The smallest absolute Gasteiger partial charge is 0.279 e. The molecule has 0 saturated heterocycles. The van der Waals surface area contributed by atoms with Crippen LogP contribution >= 0.6 is 23.4 Å². The number of halogens is 1. The number of H-pyrrole nitrogens is 1. The summed E-state index contributed by atoms with van der Waals surface area (Å²) >= 11 is 7.09. The van der Waals surface area contributed by atoms with Gasteiger partial charge < -0.3 is 5.32 Å². The number of anilines is 1. The molecule has 0 radical (unpaired) electrons. The Kier molecular flexibility index (Phi) is 5.56. The molecule has 1 amide bonds. The van der Waals surface area contributed by atoms with Gasteiger partial charge in [0.25, 0.3) is 11.3 Å². The Labute approximate surface area is 180 Å². The number of aryl methyl sites for hydroxylation is 2. The van der Waals surface area contributed by atoms with E-state index in [0.29, 0.717) is 15.7 Å². The second kappa shape index (κ2) is 8.29. The fraction of sp³-hybridized carbons (Fsp3) is 0.150. The number of nitrogens with zero attached hydrogens (tertiary/aromatic N) is 4. The van der Waals surface area contributed by atoms with Crippen LogP contribution < -0.4 is 10.9 Å². The van der Waals surface area contributed by atoms with Crippen molar-refractivity contribution in [3.8, 4) is 11.3 Å². The van der Waals surface area contributed by atoms with E-state index in [2.05, 4.69) is 25.6 Å². The molecule has 2 heterocycles. The zero-order chi connectivity index (χ0) is 21.3. The van der Waals surface area contributed by atoms with Gasteiger partial charge in [0.05, 0.1) is 5.75 Å². The summed E-state index contributed by atoms with van der Waals surface area (Å²) in [6.07, 6.45) is 0. The first-order valence-electron chi connectivity index (χ1n) is 9.02. The summed E-state index contributed by atoms with van der Waals surface area (Å²) in [4.78, 5) is 27.3. The minimum Gasteiger partial charge on any atom is -0.325 e. The molecule has 2 aromatic heterocycles. The number of nitrogens with one attached hydrogen (secondary N) is 2. The fourth-order valence-electron chi connectivity index (χ4n) is 2.77. The average Bonchev–Trinajstić information content (AvgIpc) is 3.11. The first-order valence-corrected chi connectivity index (χ1v) is 10.4. The molecule has 10 heteroatoms. The van der Waals surface area contributed by atoms with E-state index in [4.69, 9.17) is 11.6 Å². The summed E-state index contributed by atoms with van der Waals surface area (Å²) in [5.41, 5.74) is 3.43. The van der Waals surface area contributed by atoms with Crippen LogP contribution in [0.15, 0.2) is 52.4 Å². The van der Waals surface area contributed by atoms with E-state index in [1.54, 1.807) is 24.3 Å². The molecule has 4 aromatic rings. The van der Waals surface area contributed by atoms with Gasteiger partial charge in [-0.2, -0.15) is 9.61 Å². The highest BCUT2D eigenvalue weighted by atomic mass is 35.5. The maximum Gasteiger partial charge on any atom is 0.279 e. The summed E-state index contributed by atoms with van der Waals surface area (Å²) in [6.45, 7) is 4.01. The first-order chi connectivity index (χ1) is 14.4. The molecule has 0 aliphatic carbocycles. The van der Waals surface area contributed by atoms with Crippen LogP contribution in [0.3, 0.4) is 0 Å². The van der Waals surface area contributed by atoms with Gasteiger partial charge in [-0.1, -0.05) is 41.6 Å². The van der Waals surface area contributed by atoms with Crippen molar-refractivity contribution in [3.05, 3.63) is 69.0 Å². The van der Waals surface area contributed by atoms with Crippen molar-refractivity contribution in [1.29, 1.82) is 0 Å². The molecular weight excluding hydrogens is 424 g/mol. The van der Waals surface area contributed by atoms with Gasteiger partial charge in [0.2, 0.25) is 11.1 Å². The predicted molar refractivity (Wildman–Crippen MR) is 117 cm³/mol. The number of hydrogen-bond donors (Lipinski definition) is 2. The zero-order valence-corrected chi connectivity index (χ0v) is 17.7. The molecular formula is C20H17ClN6O2S. The van der Waals surface area contributed by atoms with Crippen molar-refractivity contribution in [2.75, 3.05) is 11.1 Å². The molecule has 152 valence electrons. The Bertz CT molecular complexity index is 1300.